The second-order valence-corrected chi connectivity index (χ2v) is 8.23. The number of carbonyl (C=O) groups excluding carboxylic acids is 1. The van der Waals surface area contributed by atoms with Crippen LogP contribution in [0.1, 0.15) is 46.8 Å². The second-order valence-electron chi connectivity index (χ2n) is 8.23. The summed E-state index contributed by atoms with van der Waals surface area (Å²) < 4.78 is 1.73. The van der Waals surface area contributed by atoms with Crippen LogP contribution >= 0.6 is 0 Å². The predicted molar refractivity (Wildman–Crippen MR) is 117 cm³/mol. The number of hydrogen-bond acceptors (Lipinski definition) is 5. The van der Waals surface area contributed by atoms with Gasteiger partial charge < -0.3 is 10.2 Å². The van der Waals surface area contributed by atoms with E-state index in [9.17, 15) is 4.79 Å². The number of benzene rings is 1. The molecule has 1 atom stereocenters. The molecule has 0 radical (unpaired) electrons. The quantitative estimate of drug-likeness (QED) is 0.653. The van der Waals surface area contributed by atoms with Crippen LogP contribution in [0.3, 0.4) is 0 Å². The van der Waals surface area contributed by atoms with Gasteiger partial charge in [-0.25, -0.2) is 9.50 Å². The smallest absolute Gasteiger partial charge is 0.252 e. The summed E-state index contributed by atoms with van der Waals surface area (Å²) >= 11 is 0. The molecule has 0 aliphatic carbocycles. The van der Waals surface area contributed by atoms with Gasteiger partial charge in [-0.2, -0.15) is 10.1 Å². The summed E-state index contributed by atoms with van der Waals surface area (Å²) in [5.41, 5.74) is 5.83. The highest BCUT2D eigenvalue weighted by Crippen LogP contribution is 2.28. The lowest BCUT2D eigenvalue weighted by atomic mass is 9.94. The van der Waals surface area contributed by atoms with Crippen molar-refractivity contribution in [2.45, 2.75) is 46.0 Å². The van der Waals surface area contributed by atoms with Crippen molar-refractivity contribution < 1.29 is 4.79 Å². The van der Waals surface area contributed by atoms with Gasteiger partial charge in [0.2, 0.25) is 5.91 Å². The molecule has 1 saturated heterocycles. The van der Waals surface area contributed by atoms with Gasteiger partial charge in [-0.05, 0) is 62.8 Å². The third kappa shape index (κ3) is 4.36. The summed E-state index contributed by atoms with van der Waals surface area (Å²) in [6, 6.07) is 8.67. The minimum atomic E-state index is 0.0853. The summed E-state index contributed by atoms with van der Waals surface area (Å²) in [4.78, 5) is 23.4. The van der Waals surface area contributed by atoms with E-state index in [1.165, 1.54) is 23.9 Å². The van der Waals surface area contributed by atoms with Crippen LogP contribution in [0, 0.1) is 20.8 Å². The molecule has 1 amide bonds. The molecule has 0 saturated carbocycles. The first-order chi connectivity index (χ1) is 14.5. The Balaban J connectivity index is 1.23. The fraction of sp³-hybridized carbons (Fsp3) is 0.478. The van der Waals surface area contributed by atoms with Crippen LogP contribution in [-0.4, -0.2) is 56.6 Å². The van der Waals surface area contributed by atoms with Gasteiger partial charge in [0.25, 0.3) is 5.78 Å². The van der Waals surface area contributed by atoms with E-state index in [1.807, 2.05) is 13.8 Å². The Morgan fingerprint density at radius 3 is 2.90 bits per heavy atom. The van der Waals surface area contributed by atoms with E-state index < -0.39 is 0 Å². The van der Waals surface area contributed by atoms with E-state index in [2.05, 4.69) is 56.5 Å². The Kier molecular flexibility index (Phi) is 6.08. The summed E-state index contributed by atoms with van der Waals surface area (Å²) in [5, 5.41) is 7.29. The molecule has 1 aliphatic heterocycles. The molecule has 158 valence electrons. The number of likely N-dealkylation sites (tertiary alicyclic amines) is 1. The molecule has 1 N–H and O–H groups in total. The molecule has 3 aromatic rings. The van der Waals surface area contributed by atoms with E-state index in [4.69, 9.17) is 0 Å². The fourth-order valence-electron chi connectivity index (χ4n) is 4.53. The third-order valence-electron chi connectivity index (χ3n) is 6.24. The first kappa shape index (κ1) is 20.5. The normalized spacial score (nSPS) is 17.0. The number of rotatable bonds is 7. The van der Waals surface area contributed by atoms with Crippen molar-refractivity contribution in [2.75, 3.05) is 26.2 Å². The minimum Gasteiger partial charge on any atom is -0.355 e. The first-order valence-electron chi connectivity index (χ1n) is 10.7. The average molecular weight is 407 g/mol. The summed E-state index contributed by atoms with van der Waals surface area (Å²) in [6.45, 7) is 9.92. The number of nitrogens with zero attached hydrogens (tertiary/aromatic N) is 5. The molecule has 1 aromatic carbocycles. The van der Waals surface area contributed by atoms with E-state index in [1.54, 1.807) is 4.52 Å². The van der Waals surface area contributed by atoms with Crippen molar-refractivity contribution in [2.24, 2.45) is 0 Å². The van der Waals surface area contributed by atoms with Crippen molar-refractivity contribution in [3.63, 3.8) is 0 Å². The monoisotopic (exact) mass is 406 g/mol. The first-order valence-corrected chi connectivity index (χ1v) is 10.7. The molecule has 7 nitrogen and oxygen atoms in total. The van der Waals surface area contributed by atoms with Crippen LogP contribution in [0.25, 0.3) is 5.78 Å². The minimum absolute atomic E-state index is 0.0853. The van der Waals surface area contributed by atoms with Crippen LogP contribution < -0.4 is 5.32 Å². The lowest BCUT2D eigenvalue weighted by Crippen LogP contribution is -2.34. The standard InChI is InChI=1S/C23H30N6O/c1-16-6-4-5-7-20(16)19-10-12-28(14-19)13-11-24-22(30)9-8-21-17(2)27-23-25-15-26-29(23)18(21)3/h4-7,15,19H,8-14H2,1-3H3,(H,24,30)/t19-/m1/s1. The SMILES string of the molecule is Cc1ccccc1[C@@H]1CCN(CCNC(=O)CCc2c(C)nc3ncnn3c2C)C1. The number of amides is 1. The largest absolute Gasteiger partial charge is 0.355 e. The molecule has 0 unspecified atom stereocenters. The lowest BCUT2D eigenvalue weighted by molar-refractivity contribution is -0.121. The molecule has 1 fully saturated rings. The maximum atomic E-state index is 12.4. The number of aryl methyl sites for hydroxylation is 3. The topological polar surface area (TPSA) is 75.4 Å². The van der Waals surface area contributed by atoms with E-state index in [0.717, 1.165) is 36.6 Å². The highest BCUT2D eigenvalue weighted by molar-refractivity contribution is 5.76. The molecule has 0 spiro atoms. The molecule has 4 rings (SSSR count). The van der Waals surface area contributed by atoms with Gasteiger partial charge in [0.1, 0.15) is 6.33 Å². The molecule has 30 heavy (non-hydrogen) atoms. The maximum Gasteiger partial charge on any atom is 0.252 e. The van der Waals surface area contributed by atoms with Gasteiger partial charge in [0, 0.05) is 37.4 Å². The molecular weight excluding hydrogens is 376 g/mol. The Labute approximate surface area is 177 Å². The van der Waals surface area contributed by atoms with Crippen molar-refractivity contribution >= 4 is 11.7 Å². The number of hydrogen-bond donors (Lipinski definition) is 1. The number of fused-ring (bicyclic) bond motifs is 1. The van der Waals surface area contributed by atoms with Crippen LogP contribution in [-0.2, 0) is 11.2 Å². The zero-order valence-corrected chi connectivity index (χ0v) is 18.1. The Bertz CT molecular complexity index is 1040. The molecule has 0 bridgehead atoms. The van der Waals surface area contributed by atoms with Gasteiger partial charge in [-0.3, -0.25) is 4.79 Å². The van der Waals surface area contributed by atoms with Crippen LogP contribution in [0.2, 0.25) is 0 Å². The highest BCUT2D eigenvalue weighted by Gasteiger charge is 2.24. The predicted octanol–water partition coefficient (Wildman–Crippen LogP) is 2.59. The van der Waals surface area contributed by atoms with E-state index in [-0.39, 0.29) is 5.91 Å². The summed E-state index contributed by atoms with van der Waals surface area (Å²) in [5.74, 6) is 1.29. The average Bonchev–Trinajstić information content (AvgIpc) is 3.38. The number of nitrogens with one attached hydrogen (secondary N) is 1. The molecular formula is C23H30N6O. The van der Waals surface area contributed by atoms with Crippen LogP contribution in [0.4, 0.5) is 0 Å². The van der Waals surface area contributed by atoms with Gasteiger partial charge in [-0.15, -0.1) is 0 Å². The number of aromatic nitrogens is 4. The van der Waals surface area contributed by atoms with Crippen molar-refractivity contribution in [1.29, 1.82) is 0 Å². The van der Waals surface area contributed by atoms with Crippen LogP contribution in [0.5, 0.6) is 0 Å². The maximum absolute atomic E-state index is 12.4. The van der Waals surface area contributed by atoms with E-state index in [0.29, 0.717) is 31.1 Å². The summed E-state index contributed by atoms with van der Waals surface area (Å²) in [6.07, 6.45) is 3.81. The highest BCUT2D eigenvalue weighted by atomic mass is 16.1. The molecule has 3 heterocycles. The fourth-order valence-corrected chi connectivity index (χ4v) is 4.53. The van der Waals surface area contributed by atoms with Crippen molar-refractivity contribution in [3.8, 4) is 0 Å². The molecule has 2 aromatic heterocycles. The molecule has 7 heteroatoms. The Morgan fingerprint density at radius 2 is 2.07 bits per heavy atom. The van der Waals surface area contributed by atoms with Gasteiger partial charge in [0.15, 0.2) is 0 Å². The lowest BCUT2D eigenvalue weighted by Gasteiger charge is -2.17. The zero-order valence-electron chi connectivity index (χ0n) is 18.1. The van der Waals surface area contributed by atoms with Gasteiger partial charge in [-0.1, -0.05) is 24.3 Å². The van der Waals surface area contributed by atoms with Crippen molar-refractivity contribution in [1.82, 2.24) is 29.8 Å². The van der Waals surface area contributed by atoms with Gasteiger partial charge >= 0.3 is 0 Å². The van der Waals surface area contributed by atoms with Crippen molar-refractivity contribution in [3.05, 3.63) is 58.7 Å². The Morgan fingerprint density at radius 1 is 1.23 bits per heavy atom. The second kappa shape index (κ2) is 8.92. The molecule has 1 aliphatic rings. The zero-order chi connectivity index (χ0) is 21.1. The summed E-state index contributed by atoms with van der Waals surface area (Å²) in [7, 11) is 0. The van der Waals surface area contributed by atoms with E-state index >= 15 is 0 Å². The Hall–Kier alpha value is -2.80. The van der Waals surface area contributed by atoms with Gasteiger partial charge in [0.05, 0.1) is 0 Å². The third-order valence-corrected chi connectivity index (χ3v) is 6.24. The number of carbonyl (C=O) groups is 1. The van der Waals surface area contributed by atoms with Crippen LogP contribution in [0.15, 0.2) is 30.6 Å².